The van der Waals surface area contributed by atoms with Crippen molar-refractivity contribution in [1.29, 1.82) is 0 Å². The Labute approximate surface area is 269 Å². The second kappa shape index (κ2) is 9.71. The molecule has 1 aromatic carbocycles. The molecular formula is C35H42N2O8S. The fourth-order valence-electron chi connectivity index (χ4n) is 9.24. The average Bonchev–Trinajstić information content (AvgIpc) is 3.23. The van der Waals surface area contributed by atoms with Gasteiger partial charge in [-0.05, 0) is 79.2 Å². The smallest absolute Gasteiger partial charge is 0.357 e. The van der Waals surface area contributed by atoms with Crippen molar-refractivity contribution in [2.75, 3.05) is 12.9 Å². The van der Waals surface area contributed by atoms with Gasteiger partial charge in [-0.3, -0.25) is 9.48 Å². The summed E-state index contributed by atoms with van der Waals surface area (Å²) < 4.78 is 44.4. The summed E-state index contributed by atoms with van der Waals surface area (Å²) in [6.45, 7) is 12.0. The molecule has 0 radical (unpaired) electrons. The zero-order valence-corrected chi connectivity index (χ0v) is 28.3. The molecule has 1 saturated heterocycles. The fourth-order valence-corrected chi connectivity index (χ4v) is 9.87. The van der Waals surface area contributed by atoms with Crippen LogP contribution in [0.15, 0.2) is 58.7 Å². The molecule has 1 aliphatic heterocycles. The summed E-state index contributed by atoms with van der Waals surface area (Å²) in [6, 6.07) is 6.20. The van der Waals surface area contributed by atoms with Crippen LogP contribution < -0.4 is 0 Å². The van der Waals surface area contributed by atoms with Gasteiger partial charge in [0.25, 0.3) is 0 Å². The number of ketones is 1. The maximum absolute atomic E-state index is 15.0. The number of ether oxygens (including phenoxy) is 3. The van der Waals surface area contributed by atoms with Crippen LogP contribution in [0.25, 0.3) is 11.1 Å². The number of Topliss-reactive ketones (excluding diaryl/α,β-unsaturated/α-hetero) is 1. The number of aromatic nitrogens is 2. The van der Waals surface area contributed by atoms with Crippen molar-refractivity contribution in [3.8, 4) is 11.1 Å². The molecule has 2 bridgehead atoms. The first-order valence-electron chi connectivity index (χ1n) is 15.9. The molecule has 10 nitrogen and oxygen atoms in total. The molecule has 2 heterocycles. The maximum atomic E-state index is 15.0. The lowest BCUT2D eigenvalue weighted by molar-refractivity contribution is -0.302. The first-order chi connectivity index (χ1) is 21.3. The number of carbonyl (C=O) groups is 2. The standard InChI is InChI=1S/C35H42N2O8S/c1-18-15-34-19(2)13-25-26(32(25,3)4)23(28(34)38)14-21-17-43-33(5,6)45-30(21)35(34,40)29(18)44-31(39)27-24(16-36-37(27)7)20-9-11-22(12-10-20)46(8,41)42/h9-12,14-16,19,23,25-26,29-30,40H,13,17H2,1-8H3/t19-,23+,25-,26+,29+,30-,34+,35-/m1/s1. The average molecular weight is 651 g/mol. The van der Waals surface area contributed by atoms with Crippen LogP contribution in [0.5, 0.6) is 0 Å². The lowest BCUT2D eigenvalue weighted by atomic mass is 9.59. The van der Waals surface area contributed by atoms with Crippen LogP contribution in [-0.2, 0) is 35.9 Å². The molecule has 0 amide bonds. The summed E-state index contributed by atoms with van der Waals surface area (Å²) in [7, 11) is -1.79. The van der Waals surface area contributed by atoms with E-state index in [1.807, 2.05) is 19.1 Å². The minimum Gasteiger partial charge on any atom is -0.450 e. The lowest BCUT2D eigenvalue weighted by Crippen LogP contribution is -2.68. The minimum absolute atomic E-state index is 0.0143. The Balaban J connectivity index is 1.32. The van der Waals surface area contributed by atoms with Crippen molar-refractivity contribution in [3.05, 3.63) is 59.5 Å². The highest BCUT2D eigenvalue weighted by Crippen LogP contribution is 2.72. The van der Waals surface area contributed by atoms with Gasteiger partial charge in [0, 0.05) is 24.8 Å². The van der Waals surface area contributed by atoms with Gasteiger partial charge in [0.05, 0.1) is 23.1 Å². The highest BCUT2D eigenvalue weighted by atomic mass is 32.2. The third-order valence-corrected chi connectivity index (χ3v) is 12.7. The van der Waals surface area contributed by atoms with E-state index in [1.54, 1.807) is 40.0 Å². The maximum Gasteiger partial charge on any atom is 0.357 e. The number of sulfone groups is 1. The Morgan fingerprint density at radius 2 is 1.83 bits per heavy atom. The van der Waals surface area contributed by atoms with Crippen LogP contribution in [0.1, 0.15) is 58.5 Å². The molecule has 246 valence electrons. The third-order valence-electron chi connectivity index (χ3n) is 11.6. The van der Waals surface area contributed by atoms with Gasteiger partial charge in [-0.15, -0.1) is 0 Å². The van der Waals surface area contributed by atoms with E-state index in [1.165, 1.54) is 23.0 Å². The third kappa shape index (κ3) is 4.17. The number of benzene rings is 1. The van der Waals surface area contributed by atoms with E-state index in [9.17, 15) is 23.1 Å². The molecule has 1 aromatic heterocycles. The number of fused-ring (bicyclic) bond motifs is 5. The van der Waals surface area contributed by atoms with E-state index in [0.717, 1.165) is 12.7 Å². The first kappa shape index (κ1) is 31.5. The Bertz CT molecular complexity index is 1840. The quantitative estimate of drug-likeness (QED) is 0.380. The van der Waals surface area contributed by atoms with Gasteiger partial charge in [0.2, 0.25) is 0 Å². The molecule has 3 fully saturated rings. The predicted octanol–water partition coefficient (Wildman–Crippen LogP) is 4.28. The van der Waals surface area contributed by atoms with Crippen molar-refractivity contribution in [1.82, 2.24) is 9.78 Å². The number of allylic oxidation sites excluding steroid dienone is 1. The molecule has 11 heteroatoms. The van der Waals surface area contributed by atoms with Gasteiger partial charge < -0.3 is 19.3 Å². The van der Waals surface area contributed by atoms with Gasteiger partial charge in [0.15, 0.2) is 38.8 Å². The highest BCUT2D eigenvalue weighted by molar-refractivity contribution is 7.90. The molecule has 46 heavy (non-hydrogen) atoms. The SMILES string of the molecule is CC1=C[C@]23C(=O)[C@@H](C=C4COC(C)(C)O[C@H]4[C@]2(O)[C@H]1OC(=O)c1c(-c2ccc(S(C)(=O)=O)cc2)cnn1C)[C@H]1[C@@H](C[C@H]3C)C1(C)C. The van der Waals surface area contributed by atoms with Crippen molar-refractivity contribution in [2.24, 2.45) is 41.5 Å². The summed E-state index contributed by atoms with van der Waals surface area (Å²) in [5.41, 5.74) is -0.894. The van der Waals surface area contributed by atoms with Crippen LogP contribution in [0.4, 0.5) is 0 Å². The Morgan fingerprint density at radius 1 is 1.15 bits per heavy atom. The van der Waals surface area contributed by atoms with Crippen LogP contribution in [0.3, 0.4) is 0 Å². The predicted molar refractivity (Wildman–Crippen MR) is 168 cm³/mol. The Hall–Kier alpha value is -3.12. The molecule has 2 aromatic rings. The zero-order chi connectivity index (χ0) is 33.4. The normalized spacial score (nSPS) is 37.1. The van der Waals surface area contributed by atoms with E-state index < -0.39 is 50.7 Å². The van der Waals surface area contributed by atoms with E-state index in [4.69, 9.17) is 14.2 Å². The summed E-state index contributed by atoms with van der Waals surface area (Å²) in [5.74, 6) is -2.09. The summed E-state index contributed by atoms with van der Waals surface area (Å²) in [4.78, 5) is 29.3. The van der Waals surface area contributed by atoms with Gasteiger partial charge in [-0.2, -0.15) is 5.10 Å². The molecule has 7 rings (SSSR count). The zero-order valence-electron chi connectivity index (χ0n) is 27.5. The molecule has 2 saturated carbocycles. The summed E-state index contributed by atoms with van der Waals surface area (Å²) in [5, 5.41) is 17.6. The largest absolute Gasteiger partial charge is 0.450 e. The van der Waals surface area contributed by atoms with Crippen molar-refractivity contribution in [2.45, 2.75) is 76.5 Å². The number of hydrogen-bond donors (Lipinski definition) is 1. The minimum atomic E-state index is -3.41. The van der Waals surface area contributed by atoms with Gasteiger partial charge in [-0.25, -0.2) is 13.2 Å². The number of nitrogens with zero attached hydrogens (tertiary/aromatic N) is 2. The van der Waals surface area contributed by atoms with E-state index in [2.05, 4.69) is 18.9 Å². The molecule has 8 atom stereocenters. The number of aliphatic hydroxyl groups is 1. The molecular weight excluding hydrogens is 608 g/mol. The number of rotatable bonds is 4. The lowest BCUT2D eigenvalue weighted by Gasteiger charge is -2.52. The number of carbonyl (C=O) groups excluding carboxylic acids is 2. The van der Waals surface area contributed by atoms with E-state index in [0.29, 0.717) is 28.2 Å². The van der Waals surface area contributed by atoms with Crippen LogP contribution >= 0.6 is 0 Å². The monoisotopic (exact) mass is 650 g/mol. The molecule has 1 spiro atoms. The molecule has 0 unspecified atom stereocenters. The van der Waals surface area contributed by atoms with Crippen LogP contribution in [0.2, 0.25) is 0 Å². The summed E-state index contributed by atoms with van der Waals surface area (Å²) >= 11 is 0. The Kier molecular flexibility index (Phi) is 6.65. The van der Waals surface area contributed by atoms with Crippen molar-refractivity contribution in [3.63, 3.8) is 0 Å². The van der Waals surface area contributed by atoms with Crippen molar-refractivity contribution < 1.29 is 37.3 Å². The topological polar surface area (TPSA) is 134 Å². The highest BCUT2D eigenvalue weighted by Gasteiger charge is 2.77. The van der Waals surface area contributed by atoms with E-state index in [-0.39, 0.29) is 40.2 Å². The van der Waals surface area contributed by atoms with Gasteiger partial charge in [-0.1, -0.05) is 45.1 Å². The summed E-state index contributed by atoms with van der Waals surface area (Å²) in [6.07, 6.45) is 5.07. The van der Waals surface area contributed by atoms with Gasteiger partial charge >= 0.3 is 5.97 Å². The van der Waals surface area contributed by atoms with Crippen LogP contribution in [0, 0.1) is 34.5 Å². The second-order valence-corrected chi connectivity index (χ2v) is 17.1. The van der Waals surface area contributed by atoms with Crippen molar-refractivity contribution >= 4 is 21.6 Å². The Morgan fingerprint density at radius 3 is 2.48 bits per heavy atom. The number of aryl methyl sites for hydroxylation is 1. The number of esters is 1. The molecule has 1 N–H and O–H groups in total. The fraction of sp³-hybridized carbons (Fsp3) is 0.571. The van der Waals surface area contributed by atoms with E-state index >= 15 is 0 Å². The molecule has 4 aliphatic carbocycles. The van der Waals surface area contributed by atoms with Crippen LogP contribution in [-0.4, -0.2) is 71.5 Å². The molecule has 5 aliphatic rings. The second-order valence-electron chi connectivity index (χ2n) is 15.1. The van der Waals surface area contributed by atoms with Gasteiger partial charge in [0.1, 0.15) is 6.10 Å². The first-order valence-corrected chi connectivity index (χ1v) is 17.8. The number of hydrogen-bond acceptors (Lipinski definition) is 9.